The third kappa shape index (κ3) is 6.88. The highest BCUT2D eigenvalue weighted by Crippen LogP contribution is 2.11. The van der Waals surface area contributed by atoms with Gasteiger partial charge in [-0.2, -0.15) is 0 Å². The topological polar surface area (TPSA) is 93.2 Å². The van der Waals surface area contributed by atoms with E-state index in [9.17, 15) is 9.59 Å². The second kappa shape index (κ2) is 8.57. The van der Waals surface area contributed by atoms with Crippen molar-refractivity contribution in [2.45, 2.75) is 39.3 Å². The van der Waals surface area contributed by atoms with Crippen LogP contribution >= 0.6 is 11.3 Å². The molecule has 0 atom stereocenters. The maximum atomic E-state index is 12.1. The molecule has 0 bridgehead atoms. The Bertz CT molecular complexity index is 710. The normalized spacial score (nSPS) is 11.0. The number of alkyl carbamates (subject to hydrolysis) is 1. The Balaban J connectivity index is 1.75. The number of carbonyl (C=O) groups excluding carboxylic acids is 2. The Hall–Kier alpha value is -2.48. The van der Waals surface area contributed by atoms with Gasteiger partial charge in [-0.25, -0.2) is 9.78 Å². The quantitative estimate of drug-likeness (QED) is 0.824. The number of pyridine rings is 1. The molecule has 0 saturated heterocycles. The Morgan fingerprint density at radius 1 is 1.24 bits per heavy atom. The molecule has 0 aliphatic carbocycles. The summed E-state index contributed by atoms with van der Waals surface area (Å²) in [5.74, 6) is -0.242. The van der Waals surface area contributed by atoms with E-state index in [4.69, 9.17) is 4.74 Å². The van der Waals surface area contributed by atoms with Crippen LogP contribution in [0.1, 0.15) is 42.0 Å². The molecule has 0 aliphatic heterocycles. The van der Waals surface area contributed by atoms with Gasteiger partial charge in [0.1, 0.15) is 11.3 Å². The third-order valence-corrected chi connectivity index (χ3v) is 3.86. The zero-order chi connectivity index (χ0) is 18.3. The van der Waals surface area contributed by atoms with Crippen LogP contribution in [0.5, 0.6) is 0 Å². The van der Waals surface area contributed by atoms with E-state index < -0.39 is 11.7 Å². The first-order valence-electron chi connectivity index (χ1n) is 7.93. The van der Waals surface area contributed by atoms with E-state index in [-0.39, 0.29) is 5.91 Å². The molecule has 2 rings (SSSR count). The van der Waals surface area contributed by atoms with Gasteiger partial charge in [0, 0.05) is 24.5 Å². The van der Waals surface area contributed by atoms with Crippen LogP contribution in [-0.2, 0) is 17.7 Å². The Morgan fingerprint density at radius 2 is 2.04 bits per heavy atom. The summed E-state index contributed by atoms with van der Waals surface area (Å²) >= 11 is 1.38. The fourth-order valence-electron chi connectivity index (χ4n) is 1.88. The summed E-state index contributed by atoms with van der Waals surface area (Å²) in [5.41, 5.74) is 0.630. The van der Waals surface area contributed by atoms with Gasteiger partial charge in [0.15, 0.2) is 0 Å². The zero-order valence-electron chi connectivity index (χ0n) is 14.5. The highest BCUT2D eigenvalue weighted by atomic mass is 32.1. The molecule has 8 heteroatoms. The van der Waals surface area contributed by atoms with Crippen LogP contribution < -0.4 is 10.6 Å². The molecule has 0 saturated carbocycles. The van der Waals surface area contributed by atoms with Gasteiger partial charge in [0.2, 0.25) is 0 Å². The SMILES string of the molecule is CC(C)(C)OC(=O)NCCc1nc(C(=O)NCc2ccccn2)cs1. The lowest BCUT2D eigenvalue weighted by molar-refractivity contribution is 0.0528. The highest BCUT2D eigenvalue weighted by Gasteiger charge is 2.16. The van der Waals surface area contributed by atoms with E-state index in [1.54, 1.807) is 11.6 Å². The van der Waals surface area contributed by atoms with Gasteiger partial charge in [-0.05, 0) is 32.9 Å². The van der Waals surface area contributed by atoms with Crippen LogP contribution in [0, 0.1) is 0 Å². The fourth-order valence-corrected chi connectivity index (χ4v) is 2.66. The largest absolute Gasteiger partial charge is 0.444 e. The Labute approximate surface area is 150 Å². The summed E-state index contributed by atoms with van der Waals surface area (Å²) < 4.78 is 5.16. The Kier molecular flexibility index (Phi) is 6.46. The predicted octanol–water partition coefficient (Wildman–Crippen LogP) is 2.54. The number of amides is 2. The van der Waals surface area contributed by atoms with Gasteiger partial charge >= 0.3 is 6.09 Å². The number of rotatable bonds is 6. The molecule has 2 heterocycles. The lowest BCUT2D eigenvalue weighted by Gasteiger charge is -2.19. The van der Waals surface area contributed by atoms with Crippen LogP contribution in [0.3, 0.4) is 0 Å². The van der Waals surface area contributed by atoms with Crippen LogP contribution in [0.15, 0.2) is 29.8 Å². The van der Waals surface area contributed by atoms with Crippen LogP contribution in [-0.4, -0.2) is 34.1 Å². The lowest BCUT2D eigenvalue weighted by atomic mass is 10.2. The minimum Gasteiger partial charge on any atom is -0.444 e. The number of aromatic nitrogens is 2. The summed E-state index contributed by atoms with van der Waals surface area (Å²) in [7, 11) is 0. The molecule has 0 spiro atoms. The van der Waals surface area contributed by atoms with Crippen molar-refractivity contribution in [3.63, 3.8) is 0 Å². The van der Waals surface area contributed by atoms with E-state index in [2.05, 4.69) is 20.6 Å². The smallest absolute Gasteiger partial charge is 0.407 e. The maximum Gasteiger partial charge on any atom is 0.407 e. The number of nitrogens with zero attached hydrogens (tertiary/aromatic N) is 2. The molecule has 2 N–H and O–H groups in total. The van der Waals surface area contributed by atoms with Crippen LogP contribution in [0.2, 0.25) is 0 Å². The maximum absolute atomic E-state index is 12.1. The summed E-state index contributed by atoms with van der Waals surface area (Å²) in [6.45, 7) is 6.18. The van der Waals surface area contributed by atoms with Crippen molar-refractivity contribution in [2.24, 2.45) is 0 Å². The van der Waals surface area contributed by atoms with E-state index in [0.717, 1.165) is 10.7 Å². The van der Waals surface area contributed by atoms with Crippen molar-refractivity contribution in [1.82, 2.24) is 20.6 Å². The first-order chi connectivity index (χ1) is 11.8. The number of hydrogen-bond acceptors (Lipinski definition) is 6. The summed E-state index contributed by atoms with van der Waals surface area (Å²) in [5, 5.41) is 7.93. The molecule has 0 radical (unpaired) electrons. The van der Waals surface area contributed by atoms with Gasteiger partial charge < -0.3 is 15.4 Å². The monoisotopic (exact) mass is 362 g/mol. The second-order valence-electron chi connectivity index (χ2n) is 6.31. The number of carbonyl (C=O) groups is 2. The number of thiazole rings is 1. The zero-order valence-corrected chi connectivity index (χ0v) is 15.4. The molecular weight excluding hydrogens is 340 g/mol. The molecule has 0 aliphatic rings. The van der Waals surface area contributed by atoms with Gasteiger partial charge in [-0.1, -0.05) is 6.07 Å². The van der Waals surface area contributed by atoms with Crippen molar-refractivity contribution in [1.29, 1.82) is 0 Å². The van der Waals surface area contributed by atoms with Crippen LogP contribution in [0.4, 0.5) is 4.79 Å². The van der Waals surface area contributed by atoms with Crippen molar-refractivity contribution in [3.8, 4) is 0 Å². The standard InChI is InChI=1S/C17H22N4O3S/c1-17(2,3)24-16(23)19-9-7-14-21-13(11-25-14)15(22)20-10-12-6-4-5-8-18-12/h4-6,8,11H,7,9-10H2,1-3H3,(H,19,23)(H,20,22). The van der Waals surface area contributed by atoms with Gasteiger partial charge in [-0.15, -0.1) is 11.3 Å². The summed E-state index contributed by atoms with van der Waals surface area (Å²) in [6, 6.07) is 5.53. The third-order valence-electron chi connectivity index (χ3n) is 2.95. The minimum absolute atomic E-state index is 0.242. The van der Waals surface area contributed by atoms with E-state index >= 15 is 0 Å². The highest BCUT2D eigenvalue weighted by molar-refractivity contribution is 7.09. The average molecular weight is 362 g/mol. The van der Waals surface area contributed by atoms with Gasteiger partial charge in [0.25, 0.3) is 5.91 Å². The lowest BCUT2D eigenvalue weighted by Crippen LogP contribution is -2.33. The molecule has 2 amide bonds. The van der Waals surface area contributed by atoms with E-state index in [0.29, 0.717) is 25.2 Å². The van der Waals surface area contributed by atoms with Crippen molar-refractivity contribution < 1.29 is 14.3 Å². The molecule has 25 heavy (non-hydrogen) atoms. The van der Waals surface area contributed by atoms with Crippen molar-refractivity contribution >= 4 is 23.3 Å². The molecule has 0 unspecified atom stereocenters. The summed E-state index contributed by atoms with van der Waals surface area (Å²) in [6.07, 6.45) is 1.76. The first-order valence-corrected chi connectivity index (χ1v) is 8.81. The Morgan fingerprint density at radius 3 is 2.72 bits per heavy atom. The van der Waals surface area contributed by atoms with Crippen LogP contribution in [0.25, 0.3) is 0 Å². The number of nitrogens with one attached hydrogen (secondary N) is 2. The molecule has 2 aromatic heterocycles. The number of ether oxygens (including phenoxy) is 1. The van der Waals surface area contributed by atoms with Crippen molar-refractivity contribution in [2.75, 3.05) is 6.54 Å². The van der Waals surface area contributed by atoms with Gasteiger partial charge in [0.05, 0.1) is 17.2 Å². The first kappa shape index (κ1) is 18.9. The second-order valence-corrected chi connectivity index (χ2v) is 7.25. The molecule has 0 aromatic carbocycles. The van der Waals surface area contributed by atoms with E-state index in [1.165, 1.54) is 11.3 Å². The average Bonchev–Trinajstić information content (AvgIpc) is 3.01. The van der Waals surface area contributed by atoms with Crippen molar-refractivity contribution in [3.05, 3.63) is 46.2 Å². The fraction of sp³-hybridized carbons (Fsp3) is 0.412. The molecule has 0 fully saturated rings. The van der Waals surface area contributed by atoms with Gasteiger partial charge in [-0.3, -0.25) is 9.78 Å². The predicted molar refractivity (Wildman–Crippen MR) is 95.5 cm³/mol. The molecule has 7 nitrogen and oxygen atoms in total. The molecule has 2 aromatic rings. The number of hydrogen-bond donors (Lipinski definition) is 2. The minimum atomic E-state index is -0.524. The van der Waals surface area contributed by atoms with E-state index in [1.807, 2.05) is 39.0 Å². The summed E-state index contributed by atoms with van der Waals surface area (Å²) in [4.78, 5) is 32.1. The molecule has 134 valence electrons. The molecular formula is C17H22N4O3S.